The smallest absolute Gasteiger partial charge is 0.147 e. The van der Waals surface area contributed by atoms with Gasteiger partial charge in [-0.3, -0.25) is 0 Å². The summed E-state index contributed by atoms with van der Waals surface area (Å²) in [5.41, 5.74) is 0. The van der Waals surface area contributed by atoms with Gasteiger partial charge in [-0.05, 0) is 18.8 Å². The van der Waals surface area contributed by atoms with Crippen LogP contribution in [0.15, 0.2) is 12.4 Å². The maximum absolute atomic E-state index is 5.63. The van der Waals surface area contributed by atoms with Gasteiger partial charge in [0.2, 0.25) is 0 Å². The minimum atomic E-state index is 0.421. The SMILES string of the molecule is Clc1cnc(NCCC2CCOC2)cn1. The third-order valence-corrected chi connectivity index (χ3v) is 2.70. The van der Waals surface area contributed by atoms with Gasteiger partial charge in [0.1, 0.15) is 11.0 Å². The van der Waals surface area contributed by atoms with Crippen LogP contribution >= 0.6 is 11.6 Å². The summed E-state index contributed by atoms with van der Waals surface area (Å²) in [5.74, 6) is 1.47. The van der Waals surface area contributed by atoms with Crippen molar-refractivity contribution in [1.82, 2.24) is 9.97 Å². The van der Waals surface area contributed by atoms with E-state index in [0.29, 0.717) is 11.1 Å². The Morgan fingerprint density at radius 1 is 1.47 bits per heavy atom. The summed E-state index contributed by atoms with van der Waals surface area (Å²) < 4.78 is 5.30. The lowest BCUT2D eigenvalue weighted by atomic mass is 10.1. The van der Waals surface area contributed by atoms with Gasteiger partial charge in [-0.2, -0.15) is 0 Å². The first-order valence-electron chi connectivity index (χ1n) is 5.14. The minimum absolute atomic E-state index is 0.421. The van der Waals surface area contributed by atoms with E-state index in [2.05, 4.69) is 15.3 Å². The van der Waals surface area contributed by atoms with E-state index in [0.717, 1.165) is 32.0 Å². The van der Waals surface area contributed by atoms with Crippen LogP contribution in [-0.2, 0) is 4.74 Å². The second-order valence-corrected chi connectivity index (χ2v) is 4.06. The van der Waals surface area contributed by atoms with Crippen LogP contribution in [0.4, 0.5) is 5.82 Å². The Hall–Kier alpha value is -0.870. The van der Waals surface area contributed by atoms with Gasteiger partial charge in [0, 0.05) is 19.8 Å². The summed E-state index contributed by atoms with van der Waals surface area (Å²) in [6.07, 6.45) is 5.48. The van der Waals surface area contributed by atoms with E-state index in [1.165, 1.54) is 6.42 Å². The van der Waals surface area contributed by atoms with E-state index in [1.54, 1.807) is 12.4 Å². The number of nitrogens with one attached hydrogen (secondary N) is 1. The van der Waals surface area contributed by atoms with E-state index in [1.807, 2.05) is 0 Å². The lowest BCUT2D eigenvalue weighted by molar-refractivity contribution is 0.185. The second kappa shape index (κ2) is 5.28. The number of hydrogen-bond acceptors (Lipinski definition) is 4. The Balaban J connectivity index is 1.71. The molecule has 0 aromatic carbocycles. The van der Waals surface area contributed by atoms with Crippen molar-refractivity contribution in [2.75, 3.05) is 25.1 Å². The summed E-state index contributed by atoms with van der Waals surface area (Å²) in [6.45, 7) is 2.71. The highest BCUT2D eigenvalue weighted by molar-refractivity contribution is 6.29. The zero-order chi connectivity index (χ0) is 10.5. The van der Waals surface area contributed by atoms with Crippen LogP contribution in [0.5, 0.6) is 0 Å². The van der Waals surface area contributed by atoms with Crippen LogP contribution in [0.2, 0.25) is 5.15 Å². The lowest BCUT2D eigenvalue weighted by Gasteiger charge is -2.08. The van der Waals surface area contributed by atoms with Gasteiger partial charge in [-0.1, -0.05) is 11.6 Å². The third-order valence-electron chi connectivity index (χ3n) is 2.50. The van der Waals surface area contributed by atoms with Crippen LogP contribution in [0, 0.1) is 5.92 Å². The largest absolute Gasteiger partial charge is 0.381 e. The van der Waals surface area contributed by atoms with Gasteiger partial charge in [0.05, 0.1) is 12.4 Å². The average Bonchev–Trinajstić information content (AvgIpc) is 2.74. The van der Waals surface area contributed by atoms with Crippen molar-refractivity contribution in [3.05, 3.63) is 17.5 Å². The van der Waals surface area contributed by atoms with Gasteiger partial charge in [-0.15, -0.1) is 0 Å². The van der Waals surface area contributed by atoms with Crippen molar-refractivity contribution < 1.29 is 4.74 Å². The van der Waals surface area contributed by atoms with E-state index in [9.17, 15) is 0 Å². The number of ether oxygens (including phenoxy) is 1. The Kier molecular flexibility index (Phi) is 3.75. The van der Waals surface area contributed by atoms with E-state index in [-0.39, 0.29) is 0 Å². The van der Waals surface area contributed by atoms with Gasteiger partial charge in [0.15, 0.2) is 0 Å². The highest BCUT2D eigenvalue weighted by Crippen LogP contribution is 2.16. The van der Waals surface area contributed by atoms with E-state index in [4.69, 9.17) is 16.3 Å². The summed E-state index contributed by atoms with van der Waals surface area (Å²) >= 11 is 5.63. The zero-order valence-corrected chi connectivity index (χ0v) is 9.20. The van der Waals surface area contributed by atoms with Gasteiger partial charge < -0.3 is 10.1 Å². The van der Waals surface area contributed by atoms with Crippen LogP contribution in [0.1, 0.15) is 12.8 Å². The molecule has 4 nitrogen and oxygen atoms in total. The van der Waals surface area contributed by atoms with Crippen LogP contribution in [0.3, 0.4) is 0 Å². The molecule has 0 amide bonds. The summed E-state index contributed by atoms with van der Waals surface area (Å²) in [4.78, 5) is 8.05. The number of aromatic nitrogens is 2. The number of hydrogen-bond donors (Lipinski definition) is 1. The molecule has 0 radical (unpaired) electrons. The molecule has 1 aromatic heterocycles. The van der Waals surface area contributed by atoms with Gasteiger partial charge in [0.25, 0.3) is 0 Å². The first-order chi connectivity index (χ1) is 7.34. The fraction of sp³-hybridized carbons (Fsp3) is 0.600. The van der Waals surface area contributed by atoms with Crippen molar-refractivity contribution in [3.63, 3.8) is 0 Å². The number of rotatable bonds is 4. The molecule has 82 valence electrons. The van der Waals surface area contributed by atoms with E-state index >= 15 is 0 Å². The molecule has 2 heterocycles. The van der Waals surface area contributed by atoms with Crippen LogP contribution < -0.4 is 5.32 Å². The molecule has 15 heavy (non-hydrogen) atoms. The molecule has 1 atom stereocenters. The zero-order valence-electron chi connectivity index (χ0n) is 8.45. The molecule has 5 heteroatoms. The Morgan fingerprint density at radius 2 is 2.40 bits per heavy atom. The fourth-order valence-electron chi connectivity index (χ4n) is 1.62. The predicted molar refractivity (Wildman–Crippen MR) is 59.1 cm³/mol. The summed E-state index contributed by atoms with van der Waals surface area (Å²) in [7, 11) is 0. The Bertz CT molecular complexity index is 298. The minimum Gasteiger partial charge on any atom is -0.381 e. The molecule has 1 fully saturated rings. The summed E-state index contributed by atoms with van der Waals surface area (Å²) in [6, 6.07) is 0. The monoisotopic (exact) mass is 227 g/mol. The quantitative estimate of drug-likeness (QED) is 0.855. The number of nitrogens with zero attached hydrogens (tertiary/aromatic N) is 2. The average molecular weight is 228 g/mol. The predicted octanol–water partition coefficient (Wildman–Crippen LogP) is 1.97. The maximum Gasteiger partial charge on any atom is 0.147 e. The van der Waals surface area contributed by atoms with Crippen LogP contribution in [0.25, 0.3) is 0 Å². The molecule has 1 unspecified atom stereocenters. The van der Waals surface area contributed by atoms with Crippen molar-refractivity contribution >= 4 is 17.4 Å². The van der Waals surface area contributed by atoms with Crippen molar-refractivity contribution in [3.8, 4) is 0 Å². The highest BCUT2D eigenvalue weighted by Gasteiger charge is 2.14. The number of halogens is 1. The topological polar surface area (TPSA) is 47.0 Å². The number of anilines is 1. The molecular weight excluding hydrogens is 214 g/mol. The standard InChI is InChI=1S/C10H14ClN3O/c11-9-5-14-10(6-13-9)12-3-1-8-2-4-15-7-8/h5-6,8H,1-4,7H2,(H,12,14). The second-order valence-electron chi connectivity index (χ2n) is 3.67. The highest BCUT2D eigenvalue weighted by atomic mass is 35.5. The normalized spacial score (nSPS) is 20.5. The molecule has 0 aliphatic carbocycles. The molecule has 1 aliphatic rings. The molecule has 1 saturated heterocycles. The molecule has 0 spiro atoms. The molecular formula is C10H14ClN3O. The molecule has 1 N–H and O–H groups in total. The van der Waals surface area contributed by atoms with Crippen LogP contribution in [-0.4, -0.2) is 29.7 Å². The Morgan fingerprint density at radius 3 is 3.07 bits per heavy atom. The Labute approximate surface area is 94.0 Å². The van der Waals surface area contributed by atoms with Crippen molar-refractivity contribution in [1.29, 1.82) is 0 Å². The fourth-order valence-corrected chi connectivity index (χ4v) is 1.72. The first-order valence-corrected chi connectivity index (χ1v) is 5.51. The molecule has 1 aromatic rings. The summed E-state index contributed by atoms with van der Waals surface area (Å²) in [5, 5.41) is 3.63. The van der Waals surface area contributed by atoms with Crippen molar-refractivity contribution in [2.24, 2.45) is 5.92 Å². The molecule has 1 aliphatic heterocycles. The maximum atomic E-state index is 5.63. The third kappa shape index (κ3) is 3.32. The molecule has 2 rings (SSSR count). The van der Waals surface area contributed by atoms with Gasteiger partial charge in [-0.25, -0.2) is 9.97 Å². The van der Waals surface area contributed by atoms with Crippen molar-refractivity contribution in [2.45, 2.75) is 12.8 Å². The molecule has 0 saturated carbocycles. The lowest BCUT2D eigenvalue weighted by Crippen LogP contribution is -2.09. The molecule has 0 bridgehead atoms. The van der Waals surface area contributed by atoms with Gasteiger partial charge >= 0.3 is 0 Å². The van der Waals surface area contributed by atoms with E-state index < -0.39 is 0 Å². The first kappa shape index (κ1) is 10.6.